The zero-order chi connectivity index (χ0) is 21.0. The zero-order valence-corrected chi connectivity index (χ0v) is 18.2. The van der Waals surface area contributed by atoms with Gasteiger partial charge in [0.2, 0.25) is 0 Å². The highest BCUT2D eigenvalue weighted by Crippen LogP contribution is 2.38. The lowest BCUT2D eigenvalue weighted by Crippen LogP contribution is -2.16. The number of rotatable bonds is 7. The minimum atomic E-state index is 0.0634. The molecule has 1 aliphatic rings. The normalized spacial score (nSPS) is 12.9. The Labute approximate surface area is 173 Å². The van der Waals surface area contributed by atoms with Crippen molar-refractivity contribution in [3.63, 3.8) is 0 Å². The molecule has 1 fully saturated rings. The molecule has 154 valence electrons. The van der Waals surface area contributed by atoms with E-state index in [-0.39, 0.29) is 5.43 Å². The fourth-order valence-corrected chi connectivity index (χ4v) is 3.63. The molecule has 3 rings (SSSR count). The highest BCUT2D eigenvalue weighted by Gasteiger charge is 2.19. The third kappa shape index (κ3) is 5.00. The van der Waals surface area contributed by atoms with Crippen LogP contribution >= 0.6 is 0 Å². The van der Waals surface area contributed by atoms with Gasteiger partial charge < -0.3 is 14.0 Å². The Morgan fingerprint density at radius 2 is 1.76 bits per heavy atom. The second kappa shape index (κ2) is 9.17. The van der Waals surface area contributed by atoms with Crippen LogP contribution in [0.1, 0.15) is 50.1 Å². The van der Waals surface area contributed by atoms with Crippen LogP contribution in [0.15, 0.2) is 52.3 Å². The van der Waals surface area contributed by atoms with Gasteiger partial charge in [-0.05, 0) is 76.3 Å². The quantitative estimate of drug-likeness (QED) is 0.587. The van der Waals surface area contributed by atoms with Gasteiger partial charge in [0.1, 0.15) is 6.61 Å². The van der Waals surface area contributed by atoms with Crippen molar-refractivity contribution >= 4 is 5.57 Å². The molecule has 29 heavy (non-hydrogen) atoms. The average molecular weight is 394 g/mol. The molecule has 0 amide bonds. The van der Waals surface area contributed by atoms with Gasteiger partial charge in [0, 0.05) is 30.1 Å². The smallest absolute Gasteiger partial charge is 0.182 e. The predicted molar refractivity (Wildman–Crippen MR) is 119 cm³/mol. The number of methoxy groups -OCH3 is 1. The Morgan fingerprint density at radius 1 is 1.07 bits per heavy atom. The van der Waals surface area contributed by atoms with Crippen molar-refractivity contribution in [1.29, 1.82) is 0 Å². The summed E-state index contributed by atoms with van der Waals surface area (Å²) in [4.78, 5) is 11.8. The number of aromatic nitrogens is 1. The zero-order valence-electron chi connectivity index (χ0n) is 18.2. The predicted octanol–water partition coefficient (Wildman–Crippen LogP) is 5.46. The molecule has 0 radical (unpaired) electrons. The van der Waals surface area contributed by atoms with Gasteiger partial charge in [-0.25, -0.2) is 0 Å². The number of hydrogen-bond donors (Lipinski definition) is 0. The first-order valence-corrected chi connectivity index (χ1v) is 10.2. The van der Waals surface area contributed by atoms with E-state index in [1.807, 2.05) is 19.9 Å². The summed E-state index contributed by atoms with van der Waals surface area (Å²) in [6.07, 6.45) is 5.56. The van der Waals surface area contributed by atoms with Crippen LogP contribution in [0.3, 0.4) is 0 Å². The molecule has 1 aromatic carbocycles. The summed E-state index contributed by atoms with van der Waals surface area (Å²) in [5, 5.41) is 0. The second-order valence-electron chi connectivity index (χ2n) is 7.95. The summed E-state index contributed by atoms with van der Waals surface area (Å²) >= 11 is 0. The first-order valence-electron chi connectivity index (χ1n) is 10.2. The van der Waals surface area contributed by atoms with Crippen LogP contribution in [0.25, 0.3) is 5.57 Å². The Kier molecular flexibility index (Phi) is 6.63. The first kappa shape index (κ1) is 21.0. The molecule has 0 bridgehead atoms. The molecule has 1 heterocycles. The van der Waals surface area contributed by atoms with E-state index in [9.17, 15) is 4.79 Å². The Morgan fingerprint density at radius 3 is 2.31 bits per heavy atom. The van der Waals surface area contributed by atoms with Crippen LogP contribution in [0.4, 0.5) is 0 Å². The Balaban J connectivity index is 1.98. The van der Waals surface area contributed by atoms with Crippen molar-refractivity contribution in [3.05, 3.63) is 74.7 Å². The van der Waals surface area contributed by atoms with Gasteiger partial charge >= 0.3 is 0 Å². The largest absolute Gasteiger partial charge is 0.493 e. The standard InChI is InChI=1S/C25H31NO3/c1-17(2)11-12-29-25-15-21(9-10-24(25)28-5)23(20-7-6-8-20)16-26-18(3)13-22(27)14-19(26)4/h9-11,13-15H,6-8,12,16H2,1-5H3. The van der Waals surface area contributed by atoms with Gasteiger partial charge in [0.15, 0.2) is 16.9 Å². The van der Waals surface area contributed by atoms with E-state index >= 15 is 0 Å². The van der Waals surface area contributed by atoms with Gasteiger partial charge in [-0.15, -0.1) is 0 Å². The van der Waals surface area contributed by atoms with E-state index in [1.54, 1.807) is 19.2 Å². The Bertz CT molecular complexity index is 975. The fourth-order valence-electron chi connectivity index (χ4n) is 3.63. The second-order valence-corrected chi connectivity index (χ2v) is 7.95. The van der Waals surface area contributed by atoms with Gasteiger partial charge in [-0.2, -0.15) is 0 Å². The molecule has 1 aromatic heterocycles. The maximum Gasteiger partial charge on any atom is 0.182 e. The third-order valence-corrected chi connectivity index (χ3v) is 5.50. The lowest BCUT2D eigenvalue weighted by atomic mass is 9.85. The minimum Gasteiger partial charge on any atom is -0.493 e. The molecule has 0 aliphatic heterocycles. The van der Waals surface area contributed by atoms with E-state index < -0.39 is 0 Å². The molecule has 1 aliphatic carbocycles. The van der Waals surface area contributed by atoms with Gasteiger partial charge in [-0.3, -0.25) is 4.79 Å². The third-order valence-electron chi connectivity index (χ3n) is 5.50. The van der Waals surface area contributed by atoms with E-state index in [1.165, 1.54) is 23.1 Å². The van der Waals surface area contributed by atoms with E-state index in [4.69, 9.17) is 9.47 Å². The maximum absolute atomic E-state index is 11.8. The van der Waals surface area contributed by atoms with Crippen molar-refractivity contribution in [2.75, 3.05) is 13.7 Å². The number of hydrogen-bond acceptors (Lipinski definition) is 3. The molecule has 2 aromatic rings. The molecule has 0 saturated heterocycles. The van der Waals surface area contributed by atoms with Crippen LogP contribution < -0.4 is 14.9 Å². The summed E-state index contributed by atoms with van der Waals surface area (Å²) in [5.41, 5.74) is 7.23. The monoisotopic (exact) mass is 393 g/mol. The molecule has 0 spiro atoms. The molecule has 4 heteroatoms. The number of aryl methyl sites for hydroxylation is 2. The lowest BCUT2D eigenvalue weighted by Gasteiger charge is -2.25. The van der Waals surface area contributed by atoms with E-state index in [0.717, 1.165) is 47.8 Å². The maximum atomic E-state index is 11.8. The van der Waals surface area contributed by atoms with Crippen molar-refractivity contribution < 1.29 is 9.47 Å². The van der Waals surface area contributed by atoms with Crippen LogP contribution in [-0.2, 0) is 6.54 Å². The van der Waals surface area contributed by atoms with Crippen LogP contribution in [0.5, 0.6) is 11.5 Å². The number of allylic oxidation sites excluding steroid dienone is 3. The number of pyridine rings is 1. The molecular weight excluding hydrogens is 362 g/mol. The highest BCUT2D eigenvalue weighted by molar-refractivity contribution is 5.72. The van der Waals surface area contributed by atoms with E-state index in [0.29, 0.717) is 6.61 Å². The fraction of sp³-hybridized carbons (Fsp3) is 0.400. The average Bonchev–Trinajstić information content (AvgIpc) is 2.61. The van der Waals surface area contributed by atoms with Crippen molar-refractivity contribution in [2.24, 2.45) is 0 Å². The summed E-state index contributed by atoms with van der Waals surface area (Å²) < 4.78 is 13.7. The van der Waals surface area contributed by atoms with Gasteiger partial charge in [0.25, 0.3) is 0 Å². The number of benzene rings is 1. The van der Waals surface area contributed by atoms with Gasteiger partial charge in [0.05, 0.1) is 7.11 Å². The molecule has 4 nitrogen and oxygen atoms in total. The summed E-state index contributed by atoms with van der Waals surface area (Å²) in [6, 6.07) is 9.60. The van der Waals surface area contributed by atoms with Crippen molar-refractivity contribution in [2.45, 2.75) is 53.5 Å². The SMILES string of the molecule is COc1ccc(C(Cn2c(C)cc(=O)cc2C)=C2CCC2)cc1OCC=C(C)C. The minimum absolute atomic E-state index is 0.0634. The molecular formula is C25H31NO3. The summed E-state index contributed by atoms with van der Waals surface area (Å²) in [5.74, 6) is 1.50. The Hall–Kier alpha value is -2.75. The summed E-state index contributed by atoms with van der Waals surface area (Å²) in [7, 11) is 1.67. The molecule has 0 atom stereocenters. The van der Waals surface area contributed by atoms with Crippen molar-refractivity contribution in [1.82, 2.24) is 4.57 Å². The number of nitrogens with zero attached hydrogens (tertiary/aromatic N) is 1. The van der Waals surface area contributed by atoms with Gasteiger partial charge in [-0.1, -0.05) is 17.2 Å². The van der Waals surface area contributed by atoms with Crippen molar-refractivity contribution in [3.8, 4) is 11.5 Å². The lowest BCUT2D eigenvalue weighted by molar-refractivity contribution is 0.325. The van der Waals surface area contributed by atoms with E-state index in [2.05, 4.69) is 36.6 Å². The first-order chi connectivity index (χ1) is 13.9. The molecule has 0 N–H and O–H groups in total. The number of ether oxygens (including phenoxy) is 2. The van der Waals surface area contributed by atoms with Crippen LogP contribution in [0, 0.1) is 13.8 Å². The highest BCUT2D eigenvalue weighted by atomic mass is 16.5. The van der Waals surface area contributed by atoms with Crippen LogP contribution in [0.2, 0.25) is 0 Å². The molecule has 0 unspecified atom stereocenters. The van der Waals surface area contributed by atoms with Crippen LogP contribution in [-0.4, -0.2) is 18.3 Å². The summed E-state index contributed by atoms with van der Waals surface area (Å²) in [6.45, 7) is 9.40. The molecule has 1 saturated carbocycles. The topological polar surface area (TPSA) is 40.5 Å².